The predicted molar refractivity (Wildman–Crippen MR) is 118 cm³/mol. The highest BCUT2D eigenvalue weighted by molar-refractivity contribution is 7.46. The summed E-state index contributed by atoms with van der Waals surface area (Å²) in [6.45, 7) is 8.65. The third-order valence-electron chi connectivity index (χ3n) is 7.08. The Balaban J connectivity index is 1.57. The van der Waals surface area contributed by atoms with Crippen molar-refractivity contribution in [3.05, 3.63) is 29.3 Å². The van der Waals surface area contributed by atoms with Crippen LogP contribution in [0.5, 0.6) is 5.75 Å². The molecule has 0 unspecified atom stereocenters. The molecule has 1 aromatic carbocycles. The lowest BCUT2D eigenvalue weighted by Crippen LogP contribution is -2.50. The third-order valence-corrected chi connectivity index (χ3v) is 7.55. The zero-order valence-corrected chi connectivity index (χ0v) is 19.7. The number of nitrogens with two attached hydrogens (primary N) is 1. The zero-order chi connectivity index (χ0) is 22.2. The number of hydrogen-bond donors (Lipinski definition) is 3. The Kier molecular flexibility index (Phi) is 7.06. The standard InChI is InChI=1S/C23H38NO5P/c1-22(2,3)18-8-11-20(12-9-18)29-21-10-6-16-13-19(7-5-17(16)14-21)23(4,24)15-28-30(25,26)27/h6,10,14,18-20H,5,7-9,11-13,15,24H2,1-4H3,(H2,25,26,27)/t18?,19-,20?,23-/m0/s1. The summed E-state index contributed by atoms with van der Waals surface area (Å²) in [5.74, 6) is 1.83. The van der Waals surface area contributed by atoms with Gasteiger partial charge in [-0.2, -0.15) is 0 Å². The first kappa shape index (κ1) is 23.7. The second-order valence-corrected chi connectivity index (χ2v) is 11.8. The van der Waals surface area contributed by atoms with Crippen molar-refractivity contribution >= 4 is 7.82 Å². The molecule has 1 saturated carbocycles. The summed E-state index contributed by atoms with van der Waals surface area (Å²) >= 11 is 0. The van der Waals surface area contributed by atoms with Crippen LogP contribution in [0.4, 0.5) is 0 Å². The van der Waals surface area contributed by atoms with Crippen LogP contribution in [0.1, 0.15) is 70.9 Å². The first-order valence-corrected chi connectivity index (χ1v) is 12.6. The molecule has 0 radical (unpaired) electrons. The van der Waals surface area contributed by atoms with Crippen LogP contribution in [0, 0.1) is 17.3 Å². The Labute approximate surface area is 180 Å². The van der Waals surface area contributed by atoms with Gasteiger partial charge in [-0.05, 0) is 92.4 Å². The van der Waals surface area contributed by atoms with Gasteiger partial charge in [0.25, 0.3) is 0 Å². The van der Waals surface area contributed by atoms with Crippen LogP contribution in [-0.4, -0.2) is 28.0 Å². The Morgan fingerprint density at radius 2 is 1.70 bits per heavy atom. The molecule has 2 aliphatic carbocycles. The SMILES string of the molecule is CC(C)(C)C1CCC(Oc2ccc3c(c2)CC[C@H]([C@@](C)(N)COP(=O)(O)O)C3)CC1. The molecule has 170 valence electrons. The largest absolute Gasteiger partial charge is 0.490 e. The quantitative estimate of drug-likeness (QED) is 0.560. The number of rotatable bonds is 6. The van der Waals surface area contributed by atoms with Gasteiger partial charge < -0.3 is 20.3 Å². The minimum Gasteiger partial charge on any atom is -0.490 e. The minimum atomic E-state index is -4.51. The highest BCUT2D eigenvalue weighted by Gasteiger charge is 2.35. The number of phosphoric ester groups is 1. The summed E-state index contributed by atoms with van der Waals surface area (Å²) in [4.78, 5) is 18.0. The Bertz CT molecular complexity index is 774. The lowest BCUT2D eigenvalue weighted by molar-refractivity contribution is 0.0880. The molecule has 30 heavy (non-hydrogen) atoms. The maximum Gasteiger partial charge on any atom is 0.469 e. The first-order chi connectivity index (χ1) is 13.8. The number of ether oxygens (including phenoxy) is 1. The molecule has 6 nitrogen and oxygen atoms in total. The molecule has 4 N–H and O–H groups in total. The van der Waals surface area contributed by atoms with Crippen molar-refractivity contribution in [2.45, 2.75) is 84.3 Å². The van der Waals surface area contributed by atoms with E-state index in [1.54, 1.807) is 0 Å². The van der Waals surface area contributed by atoms with Crippen molar-refractivity contribution in [1.82, 2.24) is 0 Å². The molecule has 0 spiro atoms. The van der Waals surface area contributed by atoms with Crippen molar-refractivity contribution < 1.29 is 23.6 Å². The van der Waals surface area contributed by atoms with E-state index in [9.17, 15) is 4.57 Å². The van der Waals surface area contributed by atoms with Gasteiger partial charge in [0.05, 0.1) is 12.7 Å². The average molecular weight is 440 g/mol. The first-order valence-electron chi connectivity index (χ1n) is 11.1. The van der Waals surface area contributed by atoms with Gasteiger partial charge in [0, 0.05) is 5.54 Å². The fourth-order valence-electron chi connectivity index (χ4n) is 4.95. The second-order valence-electron chi connectivity index (χ2n) is 10.6. The van der Waals surface area contributed by atoms with E-state index in [-0.39, 0.29) is 12.5 Å². The number of aryl methyl sites for hydroxylation is 1. The molecule has 2 atom stereocenters. The summed E-state index contributed by atoms with van der Waals surface area (Å²) in [5, 5.41) is 0. The number of benzene rings is 1. The van der Waals surface area contributed by atoms with Crippen LogP contribution < -0.4 is 10.5 Å². The van der Waals surface area contributed by atoms with E-state index in [1.807, 2.05) is 6.92 Å². The van der Waals surface area contributed by atoms with Crippen molar-refractivity contribution in [1.29, 1.82) is 0 Å². The van der Waals surface area contributed by atoms with Crippen LogP contribution >= 0.6 is 7.82 Å². The van der Waals surface area contributed by atoms with Gasteiger partial charge in [-0.1, -0.05) is 26.8 Å². The molecule has 0 aliphatic heterocycles. The summed E-state index contributed by atoms with van der Waals surface area (Å²) in [6.07, 6.45) is 7.53. The summed E-state index contributed by atoms with van der Waals surface area (Å²) < 4.78 is 22.0. The normalized spacial score (nSPS) is 27.2. The van der Waals surface area contributed by atoms with Gasteiger partial charge >= 0.3 is 7.82 Å². The zero-order valence-electron chi connectivity index (χ0n) is 18.8. The van der Waals surface area contributed by atoms with Gasteiger partial charge in [-0.3, -0.25) is 4.52 Å². The summed E-state index contributed by atoms with van der Waals surface area (Å²) in [6, 6.07) is 6.34. The fraction of sp³-hybridized carbons (Fsp3) is 0.739. The van der Waals surface area contributed by atoms with Gasteiger partial charge in [0.15, 0.2) is 0 Å². The van der Waals surface area contributed by atoms with Gasteiger partial charge in [0.2, 0.25) is 0 Å². The van der Waals surface area contributed by atoms with E-state index >= 15 is 0 Å². The number of phosphoric acid groups is 1. The van der Waals surface area contributed by atoms with E-state index in [4.69, 9.17) is 20.3 Å². The molecule has 0 aromatic heterocycles. The molecule has 0 bridgehead atoms. The Morgan fingerprint density at radius 3 is 2.30 bits per heavy atom. The molecule has 3 rings (SSSR count). The van der Waals surface area contributed by atoms with E-state index in [2.05, 4.69) is 43.5 Å². The maximum atomic E-state index is 11.0. The predicted octanol–water partition coefficient (Wildman–Crippen LogP) is 4.60. The molecule has 0 heterocycles. The molecule has 1 fully saturated rings. The van der Waals surface area contributed by atoms with E-state index in [1.165, 1.54) is 24.0 Å². The van der Waals surface area contributed by atoms with Crippen LogP contribution in [0.2, 0.25) is 0 Å². The van der Waals surface area contributed by atoms with Crippen LogP contribution in [0.25, 0.3) is 0 Å². The molecule has 1 aromatic rings. The maximum absolute atomic E-state index is 11.0. The average Bonchev–Trinajstić information content (AvgIpc) is 2.65. The summed E-state index contributed by atoms with van der Waals surface area (Å²) in [7, 11) is -4.51. The number of hydrogen-bond acceptors (Lipinski definition) is 4. The van der Waals surface area contributed by atoms with Gasteiger partial charge in [0.1, 0.15) is 5.75 Å². The van der Waals surface area contributed by atoms with Crippen molar-refractivity contribution in [3.8, 4) is 5.75 Å². The lowest BCUT2D eigenvalue weighted by atomic mass is 9.72. The van der Waals surface area contributed by atoms with Crippen molar-refractivity contribution in [2.24, 2.45) is 23.0 Å². The minimum absolute atomic E-state index is 0.107. The lowest BCUT2D eigenvalue weighted by Gasteiger charge is -2.38. The fourth-order valence-corrected chi connectivity index (χ4v) is 5.39. The molecule has 2 aliphatic rings. The second kappa shape index (κ2) is 8.91. The topological polar surface area (TPSA) is 102 Å². The Morgan fingerprint density at radius 1 is 1.03 bits per heavy atom. The van der Waals surface area contributed by atoms with Gasteiger partial charge in [-0.15, -0.1) is 0 Å². The monoisotopic (exact) mass is 439 g/mol. The highest BCUT2D eigenvalue weighted by atomic mass is 31.2. The van der Waals surface area contributed by atoms with E-state index < -0.39 is 13.4 Å². The van der Waals surface area contributed by atoms with Crippen LogP contribution in [0.3, 0.4) is 0 Å². The summed E-state index contributed by atoms with van der Waals surface area (Å²) in [5.41, 5.74) is 8.47. The third kappa shape index (κ3) is 6.30. The molecular formula is C23H38NO5P. The van der Waals surface area contributed by atoms with E-state index in [0.29, 0.717) is 11.5 Å². The smallest absolute Gasteiger partial charge is 0.469 e. The molecule has 7 heteroatoms. The van der Waals surface area contributed by atoms with Crippen molar-refractivity contribution in [2.75, 3.05) is 6.61 Å². The highest BCUT2D eigenvalue weighted by Crippen LogP contribution is 2.41. The van der Waals surface area contributed by atoms with Crippen molar-refractivity contribution in [3.63, 3.8) is 0 Å². The van der Waals surface area contributed by atoms with E-state index in [0.717, 1.165) is 43.8 Å². The molecule has 0 saturated heterocycles. The van der Waals surface area contributed by atoms with Crippen LogP contribution in [-0.2, 0) is 21.9 Å². The van der Waals surface area contributed by atoms with Crippen LogP contribution in [0.15, 0.2) is 18.2 Å². The number of fused-ring (bicyclic) bond motifs is 1. The Hall–Kier alpha value is -0.910. The molecule has 0 amide bonds. The molecular weight excluding hydrogens is 401 g/mol. The van der Waals surface area contributed by atoms with Gasteiger partial charge in [-0.25, -0.2) is 4.57 Å².